The Bertz CT molecular complexity index is 473. The van der Waals surface area contributed by atoms with Crippen molar-refractivity contribution in [1.29, 1.82) is 0 Å². The van der Waals surface area contributed by atoms with Crippen molar-refractivity contribution in [2.75, 3.05) is 19.6 Å². The highest BCUT2D eigenvalue weighted by Gasteiger charge is 2.51. The summed E-state index contributed by atoms with van der Waals surface area (Å²) < 4.78 is 7.53. The first-order chi connectivity index (χ1) is 8.25. The number of hydrogen-bond acceptors (Lipinski definition) is 2. The zero-order valence-corrected chi connectivity index (χ0v) is 12.6. The van der Waals surface area contributed by atoms with Crippen molar-refractivity contribution in [3.8, 4) is 5.75 Å². The van der Waals surface area contributed by atoms with Gasteiger partial charge in [0.05, 0.1) is 0 Å². The van der Waals surface area contributed by atoms with Gasteiger partial charge in [-0.2, -0.15) is 0 Å². The fraction of sp³-hybridized carbons (Fsp3) is 0.571. The molecule has 98 valence electrons. The van der Waals surface area contributed by atoms with Crippen LogP contribution in [0.5, 0.6) is 5.75 Å². The Balaban J connectivity index is 0.000001000. The van der Waals surface area contributed by atoms with Crippen LogP contribution in [0.3, 0.4) is 0 Å². The Morgan fingerprint density at radius 3 is 2.72 bits per heavy atom. The second-order valence-electron chi connectivity index (χ2n) is 5.65. The first-order valence-electron chi connectivity index (χ1n) is 6.45. The average Bonchev–Trinajstić information content (AvgIpc) is 2.67. The summed E-state index contributed by atoms with van der Waals surface area (Å²) in [4.78, 5) is 2.57. The minimum Gasteiger partial charge on any atom is -0.485 e. The highest BCUT2D eigenvalue weighted by atomic mass is 79.9. The van der Waals surface area contributed by atoms with Gasteiger partial charge in [-0.3, -0.25) is 4.90 Å². The minimum atomic E-state index is 0. The number of halogens is 2. The third-order valence-corrected chi connectivity index (χ3v) is 5.14. The molecule has 0 aromatic heterocycles. The van der Waals surface area contributed by atoms with E-state index in [0.29, 0.717) is 0 Å². The Labute approximate surface area is 122 Å². The number of ether oxygens (including phenoxy) is 1. The molecular formula is C14H17BrClNO. The molecule has 1 atom stereocenters. The van der Waals surface area contributed by atoms with Gasteiger partial charge >= 0.3 is 0 Å². The SMILES string of the molecule is Brc1ccc2c(c1)CC1(CN3CCC1CC3)O2.Cl. The van der Waals surface area contributed by atoms with E-state index in [-0.39, 0.29) is 18.0 Å². The predicted molar refractivity (Wildman–Crippen MR) is 77.6 cm³/mol. The highest BCUT2D eigenvalue weighted by Crippen LogP contribution is 2.47. The molecule has 4 aliphatic rings. The van der Waals surface area contributed by atoms with Crippen LogP contribution in [0.2, 0.25) is 0 Å². The van der Waals surface area contributed by atoms with Crippen molar-refractivity contribution in [3.63, 3.8) is 0 Å². The summed E-state index contributed by atoms with van der Waals surface area (Å²) >= 11 is 3.55. The van der Waals surface area contributed by atoms with E-state index in [1.54, 1.807) is 0 Å². The molecule has 3 saturated heterocycles. The van der Waals surface area contributed by atoms with E-state index in [9.17, 15) is 0 Å². The van der Waals surface area contributed by atoms with Gasteiger partial charge in [-0.15, -0.1) is 12.4 Å². The topological polar surface area (TPSA) is 12.5 Å². The Hall–Kier alpha value is -0.250. The summed E-state index contributed by atoms with van der Waals surface area (Å²) in [5.41, 5.74) is 1.48. The summed E-state index contributed by atoms with van der Waals surface area (Å²) in [5.74, 6) is 1.88. The van der Waals surface area contributed by atoms with Crippen LogP contribution < -0.4 is 4.74 Å². The molecule has 0 radical (unpaired) electrons. The zero-order valence-electron chi connectivity index (χ0n) is 10.2. The third-order valence-electron chi connectivity index (χ3n) is 4.65. The molecule has 0 N–H and O–H groups in total. The van der Waals surface area contributed by atoms with Crippen LogP contribution in [-0.2, 0) is 6.42 Å². The first kappa shape index (κ1) is 12.8. The maximum atomic E-state index is 6.36. The molecule has 4 heterocycles. The predicted octanol–water partition coefficient (Wildman–Crippen LogP) is 3.27. The molecule has 2 bridgehead atoms. The van der Waals surface area contributed by atoms with Crippen LogP contribution in [0.1, 0.15) is 18.4 Å². The van der Waals surface area contributed by atoms with Gasteiger partial charge in [0.15, 0.2) is 0 Å². The van der Waals surface area contributed by atoms with E-state index in [2.05, 4.69) is 39.0 Å². The van der Waals surface area contributed by atoms with Gasteiger partial charge < -0.3 is 4.74 Å². The lowest BCUT2D eigenvalue weighted by molar-refractivity contribution is -0.0798. The second-order valence-corrected chi connectivity index (χ2v) is 6.56. The molecule has 0 saturated carbocycles. The average molecular weight is 331 g/mol. The van der Waals surface area contributed by atoms with Crippen LogP contribution >= 0.6 is 28.3 Å². The molecule has 1 aromatic rings. The van der Waals surface area contributed by atoms with E-state index in [0.717, 1.165) is 29.1 Å². The third kappa shape index (κ3) is 1.79. The summed E-state index contributed by atoms with van der Waals surface area (Å²) in [7, 11) is 0. The molecule has 0 amide bonds. The van der Waals surface area contributed by atoms with Crippen molar-refractivity contribution in [3.05, 3.63) is 28.2 Å². The fourth-order valence-corrected chi connectivity index (χ4v) is 4.21. The van der Waals surface area contributed by atoms with Crippen molar-refractivity contribution < 1.29 is 4.74 Å². The molecule has 2 nitrogen and oxygen atoms in total. The lowest BCUT2D eigenvalue weighted by Gasteiger charge is -2.50. The van der Waals surface area contributed by atoms with Crippen molar-refractivity contribution in [1.82, 2.24) is 4.90 Å². The molecular weight excluding hydrogens is 314 g/mol. The molecule has 1 unspecified atom stereocenters. The zero-order chi connectivity index (χ0) is 11.5. The number of piperidine rings is 3. The minimum absolute atomic E-state index is 0. The van der Waals surface area contributed by atoms with E-state index in [1.165, 1.54) is 31.5 Å². The Morgan fingerprint density at radius 1 is 1.28 bits per heavy atom. The number of hydrogen-bond donors (Lipinski definition) is 0. The van der Waals surface area contributed by atoms with Crippen molar-refractivity contribution in [2.24, 2.45) is 5.92 Å². The quantitative estimate of drug-likeness (QED) is 0.724. The van der Waals surface area contributed by atoms with Crippen LogP contribution in [0.4, 0.5) is 0 Å². The fourth-order valence-electron chi connectivity index (χ4n) is 3.80. The molecule has 18 heavy (non-hydrogen) atoms. The standard InChI is InChI=1S/C14H16BrNO.ClH/c15-12-1-2-13-10(7-12)8-14(17-13)9-16-5-3-11(14)4-6-16;/h1-2,7,11H,3-6,8-9H2;1H. The summed E-state index contributed by atoms with van der Waals surface area (Å²) in [5, 5.41) is 0. The van der Waals surface area contributed by atoms with Crippen LogP contribution in [-0.4, -0.2) is 30.1 Å². The molecule has 1 spiro atoms. The van der Waals surface area contributed by atoms with Crippen LogP contribution in [0, 0.1) is 5.92 Å². The summed E-state index contributed by atoms with van der Waals surface area (Å²) in [6, 6.07) is 6.42. The number of nitrogens with zero attached hydrogens (tertiary/aromatic N) is 1. The molecule has 4 aliphatic heterocycles. The van der Waals surface area contributed by atoms with E-state index >= 15 is 0 Å². The molecule has 0 aliphatic carbocycles. The lowest BCUT2D eigenvalue weighted by Crippen LogP contribution is -2.61. The van der Waals surface area contributed by atoms with Gasteiger partial charge in [0.1, 0.15) is 11.4 Å². The summed E-state index contributed by atoms with van der Waals surface area (Å²) in [6.07, 6.45) is 3.73. The number of fused-ring (bicyclic) bond motifs is 3. The normalized spacial score (nSPS) is 36.1. The number of rotatable bonds is 0. The van der Waals surface area contributed by atoms with E-state index in [4.69, 9.17) is 4.74 Å². The van der Waals surface area contributed by atoms with E-state index in [1.807, 2.05) is 0 Å². The largest absolute Gasteiger partial charge is 0.485 e. The lowest BCUT2D eigenvalue weighted by atomic mass is 9.73. The van der Waals surface area contributed by atoms with Crippen molar-refractivity contribution >= 4 is 28.3 Å². The van der Waals surface area contributed by atoms with Gasteiger partial charge in [-0.05, 0) is 49.7 Å². The molecule has 5 rings (SSSR count). The molecule has 4 heteroatoms. The molecule has 1 aromatic carbocycles. The summed E-state index contributed by atoms with van der Waals surface area (Å²) in [6.45, 7) is 3.68. The maximum Gasteiger partial charge on any atom is 0.129 e. The van der Waals surface area contributed by atoms with Gasteiger partial charge in [-0.25, -0.2) is 0 Å². The highest BCUT2D eigenvalue weighted by molar-refractivity contribution is 9.10. The Morgan fingerprint density at radius 2 is 2.06 bits per heavy atom. The maximum absolute atomic E-state index is 6.36. The number of benzene rings is 1. The first-order valence-corrected chi connectivity index (χ1v) is 7.24. The van der Waals surface area contributed by atoms with Crippen LogP contribution in [0.25, 0.3) is 0 Å². The van der Waals surface area contributed by atoms with Gasteiger partial charge in [0.25, 0.3) is 0 Å². The smallest absolute Gasteiger partial charge is 0.129 e. The van der Waals surface area contributed by atoms with Crippen molar-refractivity contribution in [2.45, 2.75) is 24.9 Å². The van der Waals surface area contributed by atoms with Crippen LogP contribution in [0.15, 0.2) is 22.7 Å². The van der Waals surface area contributed by atoms with Gasteiger partial charge in [0.2, 0.25) is 0 Å². The van der Waals surface area contributed by atoms with E-state index < -0.39 is 0 Å². The molecule has 3 fully saturated rings. The van der Waals surface area contributed by atoms with Gasteiger partial charge in [-0.1, -0.05) is 15.9 Å². The van der Waals surface area contributed by atoms with Gasteiger partial charge in [0, 0.05) is 23.4 Å². The monoisotopic (exact) mass is 329 g/mol. The second kappa shape index (κ2) is 4.39. The Kier molecular flexibility index (Phi) is 3.12.